The molecule has 1 aromatic carbocycles. The Bertz CT molecular complexity index is 615. The summed E-state index contributed by atoms with van der Waals surface area (Å²) >= 11 is 1.69. The maximum absolute atomic E-state index is 4.51. The fourth-order valence-electron chi connectivity index (χ4n) is 2.28. The first-order valence-electron chi connectivity index (χ1n) is 7.35. The smallest absolute Gasteiger partial charge is 0.191 e. The van der Waals surface area contributed by atoms with Crippen LogP contribution in [-0.4, -0.2) is 24.0 Å². The Kier molecular flexibility index (Phi) is 4.50. The van der Waals surface area contributed by atoms with Gasteiger partial charge < -0.3 is 10.6 Å². The van der Waals surface area contributed by atoms with E-state index in [1.54, 1.807) is 11.3 Å². The first kappa shape index (κ1) is 14.1. The molecule has 0 saturated heterocycles. The van der Waals surface area contributed by atoms with Crippen LogP contribution in [0.25, 0.3) is 11.3 Å². The maximum atomic E-state index is 4.51. The number of benzene rings is 1. The Balaban J connectivity index is 1.60. The lowest BCUT2D eigenvalue weighted by Crippen LogP contribution is -2.36. The van der Waals surface area contributed by atoms with Crippen molar-refractivity contribution in [2.24, 2.45) is 4.99 Å². The second kappa shape index (κ2) is 6.72. The number of guanidine groups is 1. The molecular formula is C16H20N4S. The summed E-state index contributed by atoms with van der Waals surface area (Å²) in [5.41, 5.74) is 3.49. The van der Waals surface area contributed by atoms with E-state index in [-0.39, 0.29) is 0 Å². The zero-order chi connectivity index (χ0) is 14.5. The molecule has 0 bridgehead atoms. The zero-order valence-corrected chi connectivity index (χ0v) is 13.0. The molecule has 0 saturated carbocycles. The Hall–Kier alpha value is -1.88. The second-order valence-electron chi connectivity index (χ2n) is 5.17. The number of aromatic nitrogens is 1. The Labute approximate surface area is 129 Å². The highest BCUT2D eigenvalue weighted by Crippen LogP contribution is 2.21. The summed E-state index contributed by atoms with van der Waals surface area (Å²) in [4.78, 5) is 9.01. The first-order valence-corrected chi connectivity index (χ1v) is 8.23. The molecular weight excluding hydrogens is 280 g/mol. The van der Waals surface area contributed by atoms with Crippen molar-refractivity contribution in [2.75, 3.05) is 13.1 Å². The SMILES string of the molecule is Cc1nc(-c2ccc(CNC3=NCCCCN3)cc2)cs1. The molecule has 0 atom stereocenters. The van der Waals surface area contributed by atoms with Crippen LogP contribution in [0.3, 0.4) is 0 Å². The maximum Gasteiger partial charge on any atom is 0.191 e. The van der Waals surface area contributed by atoms with Crippen molar-refractivity contribution in [1.29, 1.82) is 0 Å². The van der Waals surface area contributed by atoms with Gasteiger partial charge in [0, 0.05) is 30.6 Å². The molecule has 21 heavy (non-hydrogen) atoms. The summed E-state index contributed by atoms with van der Waals surface area (Å²) in [7, 11) is 0. The van der Waals surface area contributed by atoms with Gasteiger partial charge in [0.25, 0.3) is 0 Å². The Morgan fingerprint density at radius 3 is 2.86 bits per heavy atom. The molecule has 110 valence electrons. The van der Waals surface area contributed by atoms with Gasteiger partial charge in [0.1, 0.15) is 0 Å². The van der Waals surface area contributed by atoms with E-state index in [0.29, 0.717) is 0 Å². The van der Waals surface area contributed by atoms with Gasteiger partial charge in [-0.1, -0.05) is 24.3 Å². The van der Waals surface area contributed by atoms with E-state index in [9.17, 15) is 0 Å². The number of hydrogen-bond acceptors (Lipinski definition) is 5. The fourth-order valence-corrected chi connectivity index (χ4v) is 2.91. The van der Waals surface area contributed by atoms with Crippen molar-refractivity contribution in [3.8, 4) is 11.3 Å². The number of aliphatic imine (C=N–C) groups is 1. The lowest BCUT2D eigenvalue weighted by molar-refractivity contribution is 0.742. The fraction of sp³-hybridized carbons (Fsp3) is 0.375. The molecule has 2 aromatic rings. The largest absolute Gasteiger partial charge is 0.356 e. The standard InChI is InChI=1S/C16H20N4S/c1-12-20-15(11-21-12)14-6-4-13(5-7-14)10-19-16-17-8-2-3-9-18-16/h4-7,11H,2-3,8-10H2,1H3,(H2,17,18,19). The molecule has 3 rings (SSSR count). The monoisotopic (exact) mass is 300 g/mol. The highest BCUT2D eigenvalue weighted by molar-refractivity contribution is 7.09. The van der Waals surface area contributed by atoms with Crippen molar-refractivity contribution in [3.05, 3.63) is 40.2 Å². The van der Waals surface area contributed by atoms with Crippen LogP contribution in [0, 0.1) is 6.92 Å². The zero-order valence-electron chi connectivity index (χ0n) is 12.2. The van der Waals surface area contributed by atoms with E-state index in [2.05, 4.69) is 50.3 Å². The first-order chi connectivity index (χ1) is 10.3. The second-order valence-corrected chi connectivity index (χ2v) is 6.23. The number of nitrogens with zero attached hydrogens (tertiary/aromatic N) is 2. The van der Waals surface area contributed by atoms with Crippen LogP contribution in [-0.2, 0) is 6.54 Å². The van der Waals surface area contributed by atoms with Crippen molar-refractivity contribution < 1.29 is 0 Å². The van der Waals surface area contributed by atoms with Gasteiger partial charge in [-0.3, -0.25) is 4.99 Å². The summed E-state index contributed by atoms with van der Waals surface area (Å²) in [5.74, 6) is 0.923. The third kappa shape index (κ3) is 3.82. The molecule has 2 heterocycles. The highest BCUT2D eigenvalue weighted by Gasteiger charge is 2.04. The van der Waals surface area contributed by atoms with Crippen LogP contribution < -0.4 is 10.6 Å². The molecule has 1 aliphatic rings. The molecule has 0 fully saturated rings. The summed E-state index contributed by atoms with van der Waals surface area (Å²) in [5, 5.41) is 9.90. The van der Waals surface area contributed by atoms with E-state index in [4.69, 9.17) is 0 Å². The molecule has 5 heteroatoms. The molecule has 1 aromatic heterocycles. The van der Waals surface area contributed by atoms with E-state index < -0.39 is 0 Å². The predicted molar refractivity (Wildman–Crippen MR) is 88.7 cm³/mol. The molecule has 0 spiro atoms. The van der Waals surface area contributed by atoms with E-state index >= 15 is 0 Å². The van der Waals surface area contributed by atoms with Gasteiger partial charge in [-0.15, -0.1) is 11.3 Å². The average Bonchev–Trinajstić information content (AvgIpc) is 2.78. The van der Waals surface area contributed by atoms with Gasteiger partial charge in [-0.2, -0.15) is 0 Å². The Morgan fingerprint density at radius 1 is 1.24 bits per heavy atom. The number of thiazole rings is 1. The third-order valence-corrected chi connectivity index (χ3v) is 4.25. The molecule has 1 aliphatic heterocycles. The van der Waals surface area contributed by atoms with E-state index in [1.165, 1.54) is 24.0 Å². The number of rotatable bonds is 3. The van der Waals surface area contributed by atoms with Crippen LogP contribution >= 0.6 is 11.3 Å². The minimum atomic E-state index is 0.794. The number of aryl methyl sites for hydroxylation is 1. The van der Waals surface area contributed by atoms with Crippen molar-refractivity contribution in [1.82, 2.24) is 15.6 Å². The van der Waals surface area contributed by atoms with Gasteiger partial charge in [0.05, 0.1) is 10.7 Å². The summed E-state index contributed by atoms with van der Waals surface area (Å²) < 4.78 is 0. The molecule has 4 nitrogen and oxygen atoms in total. The highest BCUT2D eigenvalue weighted by atomic mass is 32.1. The summed E-state index contributed by atoms with van der Waals surface area (Å²) in [6.45, 7) is 4.75. The number of nitrogens with one attached hydrogen (secondary N) is 2. The minimum absolute atomic E-state index is 0.794. The van der Waals surface area contributed by atoms with Crippen molar-refractivity contribution in [2.45, 2.75) is 26.3 Å². The molecule has 2 N–H and O–H groups in total. The number of hydrogen-bond donors (Lipinski definition) is 2. The van der Waals surface area contributed by atoms with Crippen LogP contribution in [0.2, 0.25) is 0 Å². The average molecular weight is 300 g/mol. The van der Waals surface area contributed by atoms with Gasteiger partial charge in [-0.25, -0.2) is 4.98 Å². The van der Waals surface area contributed by atoms with Gasteiger partial charge in [0.15, 0.2) is 5.96 Å². The van der Waals surface area contributed by atoms with Gasteiger partial charge in [0.2, 0.25) is 0 Å². The molecule has 0 radical (unpaired) electrons. The van der Waals surface area contributed by atoms with Crippen LogP contribution in [0.1, 0.15) is 23.4 Å². The Morgan fingerprint density at radius 2 is 2.10 bits per heavy atom. The summed E-state index contributed by atoms with van der Waals surface area (Å²) in [6, 6.07) is 8.56. The predicted octanol–water partition coefficient (Wildman–Crippen LogP) is 2.95. The van der Waals surface area contributed by atoms with Crippen LogP contribution in [0.5, 0.6) is 0 Å². The van der Waals surface area contributed by atoms with Crippen LogP contribution in [0.4, 0.5) is 0 Å². The normalized spacial score (nSPS) is 15.0. The quantitative estimate of drug-likeness (QED) is 0.916. The van der Waals surface area contributed by atoms with Gasteiger partial charge >= 0.3 is 0 Å². The minimum Gasteiger partial charge on any atom is -0.356 e. The van der Waals surface area contributed by atoms with E-state index in [0.717, 1.165) is 36.3 Å². The lowest BCUT2D eigenvalue weighted by Gasteiger charge is -2.10. The van der Waals surface area contributed by atoms with E-state index in [1.807, 2.05) is 6.92 Å². The van der Waals surface area contributed by atoms with Crippen molar-refractivity contribution >= 4 is 17.3 Å². The lowest BCUT2D eigenvalue weighted by atomic mass is 10.1. The summed E-state index contributed by atoms with van der Waals surface area (Å²) in [6.07, 6.45) is 2.36. The molecule has 0 unspecified atom stereocenters. The molecule has 0 aliphatic carbocycles. The van der Waals surface area contributed by atoms with Crippen molar-refractivity contribution in [3.63, 3.8) is 0 Å². The molecule has 0 amide bonds. The van der Waals surface area contributed by atoms with Crippen LogP contribution in [0.15, 0.2) is 34.6 Å². The van der Waals surface area contributed by atoms with Gasteiger partial charge in [-0.05, 0) is 25.3 Å². The topological polar surface area (TPSA) is 49.3 Å². The third-order valence-electron chi connectivity index (χ3n) is 3.48.